The number of nitrogens with zero attached hydrogens (tertiary/aromatic N) is 2. The number of nitrogens with one attached hydrogen (secondary N) is 1. The van der Waals surface area contributed by atoms with E-state index in [4.69, 9.17) is 4.74 Å². The van der Waals surface area contributed by atoms with Gasteiger partial charge in [-0.05, 0) is 39.4 Å². The fourth-order valence-corrected chi connectivity index (χ4v) is 2.33. The molecule has 1 aromatic heterocycles. The van der Waals surface area contributed by atoms with E-state index in [2.05, 4.69) is 31.2 Å². The molecule has 0 aliphatic rings. The summed E-state index contributed by atoms with van der Waals surface area (Å²) < 4.78 is 7.68. The van der Waals surface area contributed by atoms with Crippen molar-refractivity contribution in [2.45, 2.75) is 34.2 Å². The molecule has 108 valence electrons. The monoisotopic (exact) mass is 273 g/mol. The maximum atomic E-state index is 5.70. The second-order valence-corrected chi connectivity index (χ2v) is 4.74. The first-order valence-electron chi connectivity index (χ1n) is 7.17. The standard InChI is InChI=1S/C16H23N3O/c1-5-17-11-14-12(3)18-19(13(14)4)15-9-7-8-10-16(15)20-6-2/h7-10,17H,5-6,11H2,1-4H3. The van der Waals surface area contributed by atoms with Gasteiger partial charge in [-0.2, -0.15) is 5.10 Å². The van der Waals surface area contributed by atoms with E-state index in [1.807, 2.05) is 35.9 Å². The zero-order chi connectivity index (χ0) is 14.5. The number of benzene rings is 1. The van der Waals surface area contributed by atoms with E-state index in [1.54, 1.807) is 0 Å². The van der Waals surface area contributed by atoms with E-state index in [-0.39, 0.29) is 0 Å². The van der Waals surface area contributed by atoms with Crippen LogP contribution in [-0.2, 0) is 6.54 Å². The zero-order valence-corrected chi connectivity index (χ0v) is 12.7. The van der Waals surface area contributed by atoms with Crippen LogP contribution in [0.25, 0.3) is 5.69 Å². The summed E-state index contributed by atoms with van der Waals surface area (Å²) in [4.78, 5) is 0. The lowest BCUT2D eigenvalue weighted by Crippen LogP contribution is -2.13. The van der Waals surface area contributed by atoms with Crippen molar-refractivity contribution < 1.29 is 4.74 Å². The van der Waals surface area contributed by atoms with Gasteiger partial charge in [-0.25, -0.2) is 4.68 Å². The van der Waals surface area contributed by atoms with Crippen LogP contribution in [0, 0.1) is 13.8 Å². The summed E-state index contributed by atoms with van der Waals surface area (Å²) >= 11 is 0. The molecule has 1 heterocycles. The van der Waals surface area contributed by atoms with Crippen molar-refractivity contribution in [2.75, 3.05) is 13.2 Å². The topological polar surface area (TPSA) is 39.1 Å². The van der Waals surface area contributed by atoms with Crippen molar-refractivity contribution in [1.29, 1.82) is 0 Å². The van der Waals surface area contributed by atoms with E-state index in [9.17, 15) is 0 Å². The Morgan fingerprint density at radius 2 is 1.95 bits per heavy atom. The third kappa shape index (κ3) is 2.85. The van der Waals surface area contributed by atoms with Gasteiger partial charge >= 0.3 is 0 Å². The molecule has 0 unspecified atom stereocenters. The minimum Gasteiger partial charge on any atom is -0.492 e. The highest BCUT2D eigenvalue weighted by Gasteiger charge is 2.14. The Morgan fingerprint density at radius 3 is 2.65 bits per heavy atom. The van der Waals surface area contributed by atoms with Gasteiger partial charge in [0, 0.05) is 17.8 Å². The molecule has 2 rings (SSSR count). The van der Waals surface area contributed by atoms with Crippen molar-refractivity contribution in [3.8, 4) is 11.4 Å². The number of hydrogen-bond acceptors (Lipinski definition) is 3. The van der Waals surface area contributed by atoms with Crippen LogP contribution >= 0.6 is 0 Å². The summed E-state index contributed by atoms with van der Waals surface area (Å²) in [7, 11) is 0. The Bertz CT molecular complexity index is 575. The van der Waals surface area contributed by atoms with E-state index >= 15 is 0 Å². The molecular formula is C16H23N3O. The molecule has 0 radical (unpaired) electrons. The molecule has 0 saturated carbocycles. The Labute approximate surface area is 120 Å². The van der Waals surface area contributed by atoms with E-state index in [0.29, 0.717) is 6.61 Å². The molecule has 0 atom stereocenters. The first-order valence-corrected chi connectivity index (χ1v) is 7.17. The number of ether oxygens (including phenoxy) is 1. The molecule has 0 aliphatic heterocycles. The van der Waals surface area contributed by atoms with Gasteiger partial charge in [-0.15, -0.1) is 0 Å². The molecule has 0 spiro atoms. The number of hydrogen-bond donors (Lipinski definition) is 1. The highest BCUT2D eigenvalue weighted by Crippen LogP contribution is 2.25. The molecule has 1 aromatic carbocycles. The maximum Gasteiger partial charge on any atom is 0.144 e. The molecule has 0 fully saturated rings. The molecule has 0 saturated heterocycles. The summed E-state index contributed by atoms with van der Waals surface area (Å²) in [5.41, 5.74) is 4.49. The zero-order valence-electron chi connectivity index (χ0n) is 12.7. The Hall–Kier alpha value is -1.81. The van der Waals surface area contributed by atoms with Crippen LogP contribution in [0.15, 0.2) is 24.3 Å². The van der Waals surface area contributed by atoms with Crippen LogP contribution in [0.5, 0.6) is 5.75 Å². The summed E-state index contributed by atoms with van der Waals surface area (Å²) in [6.07, 6.45) is 0. The SMILES string of the molecule is CCNCc1c(C)nn(-c2ccccc2OCC)c1C. The summed E-state index contributed by atoms with van der Waals surface area (Å²) in [5.74, 6) is 0.871. The van der Waals surface area contributed by atoms with Gasteiger partial charge in [0.05, 0.1) is 12.3 Å². The molecule has 0 aliphatic carbocycles. The molecular weight excluding hydrogens is 250 g/mol. The molecule has 0 bridgehead atoms. The Kier molecular flexibility index (Phi) is 4.79. The quantitative estimate of drug-likeness (QED) is 0.879. The van der Waals surface area contributed by atoms with Gasteiger partial charge in [0.1, 0.15) is 11.4 Å². The van der Waals surface area contributed by atoms with E-state index < -0.39 is 0 Å². The first-order chi connectivity index (χ1) is 9.69. The predicted octanol–water partition coefficient (Wildman–Crippen LogP) is 3.00. The van der Waals surface area contributed by atoms with Crippen LogP contribution in [-0.4, -0.2) is 22.9 Å². The van der Waals surface area contributed by atoms with Crippen LogP contribution < -0.4 is 10.1 Å². The van der Waals surface area contributed by atoms with E-state index in [1.165, 1.54) is 5.56 Å². The lowest BCUT2D eigenvalue weighted by Gasteiger charge is -2.11. The molecule has 4 heteroatoms. The van der Waals surface area contributed by atoms with Gasteiger partial charge in [0.2, 0.25) is 0 Å². The summed E-state index contributed by atoms with van der Waals surface area (Å²) in [6, 6.07) is 8.03. The fourth-order valence-electron chi connectivity index (χ4n) is 2.33. The number of aromatic nitrogens is 2. The molecule has 2 aromatic rings. The van der Waals surface area contributed by atoms with Crippen molar-refractivity contribution >= 4 is 0 Å². The average Bonchev–Trinajstić information content (AvgIpc) is 2.73. The van der Waals surface area contributed by atoms with Crippen molar-refractivity contribution in [2.24, 2.45) is 0 Å². The highest BCUT2D eigenvalue weighted by atomic mass is 16.5. The smallest absolute Gasteiger partial charge is 0.144 e. The lowest BCUT2D eigenvalue weighted by molar-refractivity contribution is 0.338. The fraction of sp³-hybridized carbons (Fsp3) is 0.438. The third-order valence-corrected chi connectivity index (χ3v) is 3.39. The normalized spacial score (nSPS) is 10.8. The van der Waals surface area contributed by atoms with Crippen LogP contribution in [0.3, 0.4) is 0 Å². The van der Waals surface area contributed by atoms with E-state index in [0.717, 1.165) is 35.9 Å². The Balaban J connectivity index is 2.43. The third-order valence-electron chi connectivity index (χ3n) is 3.39. The average molecular weight is 273 g/mol. The van der Waals surface area contributed by atoms with Gasteiger partial charge in [-0.1, -0.05) is 19.1 Å². The van der Waals surface area contributed by atoms with Gasteiger partial charge in [-0.3, -0.25) is 0 Å². The molecule has 20 heavy (non-hydrogen) atoms. The van der Waals surface area contributed by atoms with Gasteiger partial charge in [0.15, 0.2) is 0 Å². The Morgan fingerprint density at radius 1 is 1.20 bits per heavy atom. The number of aryl methyl sites for hydroxylation is 1. The number of para-hydroxylation sites is 2. The first kappa shape index (κ1) is 14.6. The molecule has 0 amide bonds. The van der Waals surface area contributed by atoms with Crippen molar-refractivity contribution in [1.82, 2.24) is 15.1 Å². The van der Waals surface area contributed by atoms with Crippen molar-refractivity contribution in [3.05, 3.63) is 41.2 Å². The largest absolute Gasteiger partial charge is 0.492 e. The van der Waals surface area contributed by atoms with Crippen LogP contribution in [0.2, 0.25) is 0 Å². The maximum absolute atomic E-state index is 5.70. The highest BCUT2D eigenvalue weighted by molar-refractivity contribution is 5.48. The van der Waals surface area contributed by atoms with Crippen molar-refractivity contribution in [3.63, 3.8) is 0 Å². The number of rotatable bonds is 6. The van der Waals surface area contributed by atoms with Crippen LogP contribution in [0.4, 0.5) is 0 Å². The lowest BCUT2D eigenvalue weighted by atomic mass is 10.2. The minimum atomic E-state index is 0.653. The second kappa shape index (κ2) is 6.57. The van der Waals surface area contributed by atoms with Gasteiger partial charge < -0.3 is 10.1 Å². The predicted molar refractivity (Wildman–Crippen MR) is 81.6 cm³/mol. The second-order valence-electron chi connectivity index (χ2n) is 4.74. The minimum absolute atomic E-state index is 0.653. The summed E-state index contributed by atoms with van der Waals surface area (Å²) in [5, 5.41) is 8.04. The molecule has 4 nitrogen and oxygen atoms in total. The van der Waals surface area contributed by atoms with Gasteiger partial charge in [0.25, 0.3) is 0 Å². The van der Waals surface area contributed by atoms with Crippen LogP contribution in [0.1, 0.15) is 30.8 Å². The summed E-state index contributed by atoms with van der Waals surface area (Å²) in [6.45, 7) is 10.7. The molecule has 1 N–H and O–H groups in total.